The van der Waals surface area contributed by atoms with Crippen LogP contribution in [0.2, 0.25) is 0 Å². The highest BCUT2D eigenvalue weighted by atomic mass is 15.3. The number of hydrogen-bond acceptors (Lipinski definition) is 3. The van der Waals surface area contributed by atoms with Gasteiger partial charge >= 0.3 is 0 Å². The second-order valence-corrected chi connectivity index (χ2v) is 5.31. The maximum Gasteiger partial charge on any atom is 0.0805 e. The van der Waals surface area contributed by atoms with Crippen LogP contribution < -0.4 is 16.2 Å². The van der Waals surface area contributed by atoms with Crippen molar-refractivity contribution in [2.24, 2.45) is 5.84 Å². The molecule has 0 heterocycles. The lowest BCUT2D eigenvalue weighted by Gasteiger charge is -2.25. The molecule has 0 fully saturated rings. The molecule has 0 saturated carbocycles. The molecule has 0 aliphatic rings. The number of aryl methyl sites for hydroxylation is 1. The van der Waals surface area contributed by atoms with Crippen molar-refractivity contribution in [2.45, 2.75) is 33.1 Å². The van der Waals surface area contributed by atoms with Crippen LogP contribution in [0.3, 0.4) is 0 Å². The quantitative estimate of drug-likeness (QED) is 0.467. The molecule has 0 aliphatic carbocycles. The minimum absolute atomic E-state index is 0.180. The Balaban J connectivity index is 3.09. The van der Waals surface area contributed by atoms with Crippen molar-refractivity contribution in [3.05, 3.63) is 29.3 Å². The van der Waals surface area contributed by atoms with Gasteiger partial charge in [0.15, 0.2) is 0 Å². The first kappa shape index (κ1) is 13.0. The van der Waals surface area contributed by atoms with Gasteiger partial charge in [-0.2, -0.15) is 0 Å². The number of rotatable bonds is 3. The van der Waals surface area contributed by atoms with Crippen molar-refractivity contribution < 1.29 is 0 Å². The van der Waals surface area contributed by atoms with Gasteiger partial charge in [0.25, 0.3) is 0 Å². The van der Waals surface area contributed by atoms with Crippen molar-refractivity contribution in [3.63, 3.8) is 0 Å². The molecule has 0 aliphatic heterocycles. The molecule has 0 bridgehead atoms. The summed E-state index contributed by atoms with van der Waals surface area (Å²) in [6.07, 6.45) is 0. The maximum absolute atomic E-state index is 5.35. The Morgan fingerprint density at radius 2 is 1.94 bits per heavy atom. The van der Waals surface area contributed by atoms with Crippen LogP contribution in [-0.2, 0) is 5.41 Å². The fourth-order valence-electron chi connectivity index (χ4n) is 1.71. The Morgan fingerprint density at radius 3 is 2.44 bits per heavy atom. The number of hydrazine groups is 1. The van der Waals surface area contributed by atoms with E-state index >= 15 is 0 Å². The summed E-state index contributed by atoms with van der Waals surface area (Å²) in [6.45, 7) is 9.44. The minimum atomic E-state index is 0.180. The Kier molecular flexibility index (Phi) is 3.94. The number of nitrogens with one attached hydrogen (secondary N) is 1. The zero-order chi connectivity index (χ0) is 12.3. The standard InChI is InChI=1S/C13H23N3/c1-10-6-7-11(13(2,3)4)8-12(10)16(5)9-15-14/h6-8,15H,9,14H2,1-5H3. The third kappa shape index (κ3) is 2.97. The van der Waals surface area contributed by atoms with E-state index in [0.717, 1.165) is 0 Å². The summed E-state index contributed by atoms with van der Waals surface area (Å²) in [4.78, 5) is 2.12. The van der Waals surface area contributed by atoms with E-state index in [1.807, 2.05) is 7.05 Å². The number of nitrogens with zero attached hydrogens (tertiary/aromatic N) is 1. The number of nitrogens with two attached hydrogens (primary N) is 1. The first-order chi connectivity index (χ1) is 7.36. The molecule has 0 radical (unpaired) electrons. The highest BCUT2D eigenvalue weighted by molar-refractivity contribution is 5.55. The first-order valence-corrected chi connectivity index (χ1v) is 5.62. The highest BCUT2D eigenvalue weighted by Gasteiger charge is 2.15. The highest BCUT2D eigenvalue weighted by Crippen LogP contribution is 2.28. The molecule has 3 nitrogen and oxygen atoms in total. The van der Waals surface area contributed by atoms with Crippen LogP contribution in [0.25, 0.3) is 0 Å². The Labute approximate surface area is 98.6 Å². The summed E-state index contributed by atoms with van der Waals surface area (Å²) in [5.41, 5.74) is 6.70. The largest absolute Gasteiger partial charge is 0.360 e. The second kappa shape index (κ2) is 4.85. The van der Waals surface area contributed by atoms with E-state index < -0.39 is 0 Å². The van der Waals surface area contributed by atoms with Gasteiger partial charge in [0.1, 0.15) is 0 Å². The van der Waals surface area contributed by atoms with Crippen LogP contribution in [0.1, 0.15) is 31.9 Å². The molecule has 1 rings (SSSR count). The van der Waals surface area contributed by atoms with Crippen molar-refractivity contribution in [3.8, 4) is 0 Å². The van der Waals surface area contributed by atoms with Gasteiger partial charge in [0.2, 0.25) is 0 Å². The molecule has 0 unspecified atom stereocenters. The maximum atomic E-state index is 5.35. The monoisotopic (exact) mass is 221 g/mol. The van der Waals surface area contributed by atoms with Gasteiger partial charge in [0, 0.05) is 12.7 Å². The number of anilines is 1. The molecule has 3 heteroatoms. The molecule has 1 aromatic rings. The molecular weight excluding hydrogens is 198 g/mol. The van der Waals surface area contributed by atoms with E-state index in [1.54, 1.807) is 0 Å². The normalized spacial score (nSPS) is 11.6. The summed E-state index contributed by atoms with van der Waals surface area (Å²) in [5.74, 6) is 5.35. The Bertz CT molecular complexity index is 353. The van der Waals surface area contributed by atoms with Crippen LogP contribution >= 0.6 is 0 Å². The molecule has 0 atom stereocenters. The average molecular weight is 221 g/mol. The zero-order valence-corrected chi connectivity index (χ0v) is 11.0. The van der Waals surface area contributed by atoms with Gasteiger partial charge in [-0.3, -0.25) is 5.84 Å². The van der Waals surface area contributed by atoms with Gasteiger partial charge in [-0.05, 0) is 29.5 Å². The predicted molar refractivity (Wildman–Crippen MR) is 70.5 cm³/mol. The lowest BCUT2D eigenvalue weighted by atomic mass is 9.86. The second-order valence-electron chi connectivity index (χ2n) is 5.31. The molecule has 0 spiro atoms. The van der Waals surface area contributed by atoms with E-state index in [0.29, 0.717) is 6.67 Å². The van der Waals surface area contributed by atoms with Crippen LogP contribution in [-0.4, -0.2) is 13.7 Å². The van der Waals surface area contributed by atoms with Gasteiger partial charge in [-0.1, -0.05) is 32.9 Å². The Morgan fingerprint density at radius 1 is 1.31 bits per heavy atom. The van der Waals surface area contributed by atoms with Gasteiger partial charge < -0.3 is 4.90 Å². The van der Waals surface area contributed by atoms with Crippen molar-refractivity contribution in [1.29, 1.82) is 0 Å². The molecule has 0 amide bonds. The summed E-state index contributed by atoms with van der Waals surface area (Å²) >= 11 is 0. The van der Waals surface area contributed by atoms with Gasteiger partial charge in [-0.25, -0.2) is 5.43 Å². The zero-order valence-electron chi connectivity index (χ0n) is 11.0. The van der Waals surface area contributed by atoms with E-state index in [1.165, 1.54) is 16.8 Å². The van der Waals surface area contributed by atoms with Crippen LogP contribution in [0.4, 0.5) is 5.69 Å². The van der Waals surface area contributed by atoms with Crippen molar-refractivity contribution in [2.75, 3.05) is 18.6 Å². The number of benzene rings is 1. The first-order valence-electron chi connectivity index (χ1n) is 5.62. The Hall–Kier alpha value is -1.06. The molecule has 3 N–H and O–H groups in total. The van der Waals surface area contributed by atoms with E-state index in [4.69, 9.17) is 5.84 Å². The fourth-order valence-corrected chi connectivity index (χ4v) is 1.71. The van der Waals surface area contributed by atoms with E-state index in [2.05, 4.69) is 56.2 Å². The third-order valence-electron chi connectivity index (χ3n) is 2.81. The molecule has 0 aromatic heterocycles. The summed E-state index contributed by atoms with van der Waals surface area (Å²) < 4.78 is 0. The van der Waals surface area contributed by atoms with Crippen molar-refractivity contribution >= 4 is 5.69 Å². The third-order valence-corrected chi connectivity index (χ3v) is 2.81. The smallest absolute Gasteiger partial charge is 0.0805 e. The van der Waals surface area contributed by atoms with E-state index in [-0.39, 0.29) is 5.41 Å². The SMILES string of the molecule is Cc1ccc(C(C)(C)C)cc1N(C)CNN. The van der Waals surface area contributed by atoms with Crippen LogP contribution in [0, 0.1) is 6.92 Å². The minimum Gasteiger partial charge on any atom is -0.360 e. The number of hydrogen-bond donors (Lipinski definition) is 2. The molecule has 90 valence electrons. The summed E-state index contributed by atoms with van der Waals surface area (Å²) in [5, 5.41) is 0. The van der Waals surface area contributed by atoms with E-state index in [9.17, 15) is 0 Å². The van der Waals surface area contributed by atoms with Crippen LogP contribution in [0.5, 0.6) is 0 Å². The van der Waals surface area contributed by atoms with Gasteiger partial charge in [-0.15, -0.1) is 0 Å². The molecule has 16 heavy (non-hydrogen) atoms. The topological polar surface area (TPSA) is 41.3 Å². The van der Waals surface area contributed by atoms with Crippen molar-refractivity contribution in [1.82, 2.24) is 5.43 Å². The lowest BCUT2D eigenvalue weighted by Crippen LogP contribution is -2.35. The predicted octanol–water partition coefficient (Wildman–Crippen LogP) is 2.15. The van der Waals surface area contributed by atoms with Gasteiger partial charge in [0.05, 0.1) is 6.67 Å². The molecular formula is C13H23N3. The lowest BCUT2D eigenvalue weighted by molar-refractivity contribution is 0.589. The summed E-state index contributed by atoms with van der Waals surface area (Å²) in [7, 11) is 2.04. The van der Waals surface area contributed by atoms with Crippen LogP contribution in [0.15, 0.2) is 18.2 Å². The average Bonchev–Trinajstić information content (AvgIpc) is 2.16. The fraction of sp³-hybridized carbons (Fsp3) is 0.538. The molecule has 0 saturated heterocycles. The molecule has 1 aromatic carbocycles. The summed E-state index contributed by atoms with van der Waals surface area (Å²) in [6, 6.07) is 6.61.